The van der Waals surface area contributed by atoms with Crippen molar-refractivity contribution in [3.05, 3.63) is 69.8 Å². The molecule has 1 saturated heterocycles. The van der Waals surface area contributed by atoms with Crippen LogP contribution in [0.3, 0.4) is 0 Å². The van der Waals surface area contributed by atoms with E-state index in [-0.39, 0.29) is 16.8 Å². The molecule has 5 rings (SSSR count). The van der Waals surface area contributed by atoms with Gasteiger partial charge in [-0.15, -0.1) is 0 Å². The molecule has 4 aromatic rings. The van der Waals surface area contributed by atoms with Crippen molar-refractivity contribution in [1.29, 1.82) is 5.26 Å². The molecule has 166 valence electrons. The average Bonchev–Trinajstić information content (AvgIpc) is 3.23. The lowest BCUT2D eigenvalue weighted by Crippen LogP contribution is -2.44. The van der Waals surface area contributed by atoms with Crippen molar-refractivity contribution >= 4 is 16.7 Å². The smallest absolute Gasteiger partial charge is 0.291 e. The zero-order chi connectivity index (χ0) is 23.1. The van der Waals surface area contributed by atoms with Gasteiger partial charge < -0.3 is 9.80 Å². The number of aryl methyl sites for hydroxylation is 1. The van der Waals surface area contributed by atoms with Gasteiger partial charge in [-0.25, -0.2) is 4.39 Å². The minimum absolute atomic E-state index is 0.0264. The van der Waals surface area contributed by atoms with Crippen molar-refractivity contribution in [2.24, 2.45) is 0 Å². The number of hydrogen-bond acceptors (Lipinski definition) is 6. The summed E-state index contributed by atoms with van der Waals surface area (Å²) in [5.41, 5.74) is 2.69. The molecule has 0 radical (unpaired) electrons. The average molecular weight is 443 g/mol. The first-order valence-electron chi connectivity index (χ1n) is 10.7. The van der Waals surface area contributed by atoms with Crippen molar-refractivity contribution in [3.8, 4) is 23.0 Å². The molecule has 0 spiro atoms. The maximum Gasteiger partial charge on any atom is 0.291 e. The molecule has 0 bridgehead atoms. The largest absolute Gasteiger partial charge is 0.369 e. The zero-order valence-corrected chi connectivity index (χ0v) is 18.3. The lowest BCUT2D eigenvalue weighted by molar-refractivity contribution is 0.313. The maximum atomic E-state index is 14.6. The molecule has 0 saturated carbocycles. The van der Waals surface area contributed by atoms with E-state index in [0.717, 1.165) is 42.1 Å². The summed E-state index contributed by atoms with van der Waals surface area (Å²) in [6.07, 6.45) is 0. The van der Waals surface area contributed by atoms with Crippen molar-refractivity contribution in [2.45, 2.75) is 6.92 Å². The Morgan fingerprint density at radius 2 is 1.82 bits per heavy atom. The van der Waals surface area contributed by atoms with E-state index in [0.29, 0.717) is 16.8 Å². The van der Waals surface area contributed by atoms with Crippen molar-refractivity contribution in [1.82, 2.24) is 24.9 Å². The topological polar surface area (TPSA) is 93.8 Å². The number of piperazine rings is 1. The van der Waals surface area contributed by atoms with Gasteiger partial charge >= 0.3 is 0 Å². The number of fused-ring (bicyclic) bond motifs is 1. The monoisotopic (exact) mass is 443 g/mol. The molecule has 2 aromatic carbocycles. The maximum absolute atomic E-state index is 14.6. The van der Waals surface area contributed by atoms with Crippen LogP contribution in [-0.2, 0) is 0 Å². The van der Waals surface area contributed by atoms with Crippen molar-refractivity contribution in [2.75, 3.05) is 38.1 Å². The minimum atomic E-state index is -0.696. The van der Waals surface area contributed by atoms with Gasteiger partial charge in [-0.3, -0.25) is 9.89 Å². The van der Waals surface area contributed by atoms with Crippen LogP contribution in [0.1, 0.15) is 11.1 Å². The number of nitrogens with zero attached hydrogens (tertiary/aromatic N) is 6. The summed E-state index contributed by atoms with van der Waals surface area (Å²) in [5.74, 6) is -0.589. The summed E-state index contributed by atoms with van der Waals surface area (Å²) < 4.78 is 15.6. The number of H-pyrrole nitrogens is 1. The summed E-state index contributed by atoms with van der Waals surface area (Å²) in [6, 6.07) is 14.4. The SMILES string of the molecule is Cc1cccc(F)c1-n1nc2c(-c3ccc(N4CCN(C)CC4)cc3)n[nH]c2c(C#N)c1=O. The molecule has 1 aliphatic heterocycles. The standard InChI is InChI=1S/C24H22FN7O/c1-15-4-3-5-19(25)23(15)32-24(33)18(14-26)21-22(29-32)20(27-28-21)16-6-8-17(9-7-16)31-12-10-30(2)11-13-31/h3-9,28H,10-13H2,1-2H3. The van der Waals surface area contributed by atoms with Gasteiger partial charge in [0.2, 0.25) is 0 Å². The number of benzene rings is 2. The van der Waals surface area contributed by atoms with E-state index in [2.05, 4.69) is 32.1 Å². The molecular formula is C24H22FN7O. The highest BCUT2D eigenvalue weighted by Crippen LogP contribution is 2.28. The number of rotatable bonds is 3. The molecule has 8 nitrogen and oxygen atoms in total. The highest BCUT2D eigenvalue weighted by atomic mass is 19.1. The second-order valence-electron chi connectivity index (χ2n) is 8.24. The number of nitrogens with one attached hydrogen (secondary N) is 1. The number of para-hydroxylation sites is 1. The van der Waals surface area contributed by atoms with Gasteiger partial charge in [-0.05, 0) is 37.7 Å². The number of aromatic nitrogens is 4. The Bertz CT molecular complexity index is 1420. The van der Waals surface area contributed by atoms with E-state index in [9.17, 15) is 14.4 Å². The van der Waals surface area contributed by atoms with Crippen LogP contribution in [0.2, 0.25) is 0 Å². The second kappa shape index (κ2) is 8.15. The summed E-state index contributed by atoms with van der Waals surface area (Å²) in [7, 11) is 2.12. The van der Waals surface area contributed by atoms with Crippen LogP contribution in [0.25, 0.3) is 28.0 Å². The number of nitriles is 1. The van der Waals surface area contributed by atoms with Crippen molar-refractivity contribution < 1.29 is 4.39 Å². The van der Waals surface area contributed by atoms with Crippen LogP contribution in [0.4, 0.5) is 10.1 Å². The van der Waals surface area contributed by atoms with Gasteiger partial charge in [-0.1, -0.05) is 24.3 Å². The second-order valence-corrected chi connectivity index (χ2v) is 8.24. The molecule has 0 atom stereocenters. The Balaban J connectivity index is 1.62. The number of aromatic amines is 1. The van der Waals surface area contributed by atoms with Gasteiger partial charge in [-0.2, -0.15) is 20.1 Å². The summed E-state index contributed by atoms with van der Waals surface area (Å²) in [5, 5.41) is 21.2. The fraction of sp³-hybridized carbons (Fsp3) is 0.250. The third kappa shape index (κ3) is 3.54. The molecule has 1 aliphatic rings. The molecule has 1 fully saturated rings. The number of halogens is 1. The van der Waals surface area contributed by atoms with Gasteiger partial charge in [0.15, 0.2) is 0 Å². The van der Waals surface area contributed by atoms with Gasteiger partial charge in [0.1, 0.15) is 39.9 Å². The Morgan fingerprint density at radius 1 is 1.09 bits per heavy atom. The Morgan fingerprint density at radius 3 is 2.48 bits per heavy atom. The van der Waals surface area contributed by atoms with E-state index in [4.69, 9.17) is 0 Å². The van der Waals surface area contributed by atoms with Gasteiger partial charge in [0, 0.05) is 37.4 Å². The number of anilines is 1. The van der Waals surface area contributed by atoms with Gasteiger partial charge in [0.05, 0.1) is 0 Å². The summed E-state index contributed by atoms with van der Waals surface area (Å²) in [4.78, 5) is 17.6. The van der Waals surface area contributed by atoms with E-state index in [1.54, 1.807) is 19.1 Å². The quantitative estimate of drug-likeness (QED) is 0.523. The van der Waals surface area contributed by atoms with Gasteiger partial charge in [0.25, 0.3) is 5.56 Å². The van der Waals surface area contributed by atoms with E-state index in [1.165, 1.54) is 6.07 Å². The van der Waals surface area contributed by atoms with Crippen LogP contribution >= 0.6 is 0 Å². The fourth-order valence-corrected chi connectivity index (χ4v) is 4.21. The Hall–Kier alpha value is -4.03. The van der Waals surface area contributed by atoms with Crippen LogP contribution in [0, 0.1) is 24.1 Å². The van der Waals surface area contributed by atoms with Crippen molar-refractivity contribution in [3.63, 3.8) is 0 Å². The first-order chi connectivity index (χ1) is 16.0. The highest BCUT2D eigenvalue weighted by molar-refractivity contribution is 5.92. The minimum Gasteiger partial charge on any atom is -0.369 e. The van der Waals surface area contributed by atoms with E-state index < -0.39 is 11.4 Å². The third-order valence-corrected chi connectivity index (χ3v) is 6.12. The first-order valence-corrected chi connectivity index (χ1v) is 10.7. The zero-order valence-electron chi connectivity index (χ0n) is 18.3. The first kappa shape index (κ1) is 20.8. The Kier molecular flexibility index (Phi) is 5.15. The predicted molar refractivity (Wildman–Crippen MR) is 124 cm³/mol. The molecule has 2 aromatic heterocycles. The van der Waals surface area contributed by atoms with Crippen LogP contribution < -0.4 is 10.5 Å². The number of hydrogen-bond donors (Lipinski definition) is 1. The predicted octanol–water partition coefficient (Wildman–Crippen LogP) is 2.85. The summed E-state index contributed by atoms with van der Waals surface area (Å²) >= 11 is 0. The molecule has 0 unspecified atom stereocenters. The molecule has 3 heterocycles. The summed E-state index contributed by atoms with van der Waals surface area (Å²) in [6.45, 7) is 5.64. The van der Waals surface area contributed by atoms with Crippen LogP contribution in [0.5, 0.6) is 0 Å². The normalized spacial score (nSPS) is 14.5. The Labute approximate surface area is 189 Å². The fourth-order valence-electron chi connectivity index (χ4n) is 4.21. The van der Waals surface area contributed by atoms with Crippen LogP contribution in [-0.4, -0.2) is 58.1 Å². The molecule has 0 aliphatic carbocycles. The van der Waals surface area contributed by atoms with E-state index >= 15 is 0 Å². The number of likely N-dealkylation sites (N-methyl/N-ethyl adjacent to an activating group) is 1. The molecular weight excluding hydrogens is 421 g/mol. The highest BCUT2D eigenvalue weighted by Gasteiger charge is 2.21. The lowest BCUT2D eigenvalue weighted by Gasteiger charge is -2.34. The molecule has 33 heavy (non-hydrogen) atoms. The van der Waals surface area contributed by atoms with E-state index in [1.807, 2.05) is 30.3 Å². The molecule has 0 amide bonds. The molecule has 9 heteroatoms. The molecule has 1 N–H and O–H groups in total. The van der Waals surface area contributed by atoms with Crippen LogP contribution in [0.15, 0.2) is 47.3 Å². The lowest BCUT2D eigenvalue weighted by atomic mass is 10.1. The third-order valence-electron chi connectivity index (χ3n) is 6.12.